The summed E-state index contributed by atoms with van der Waals surface area (Å²) in [6.07, 6.45) is 2.61. The quantitative estimate of drug-likeness (QED) is 0.696. The minimum Gasteiger partial charge on any atom is -0.504 e. The molecular formula is C14H22N2O2. The molecule has 1 atom stereocenters. The minimum absolute atomic E-state index is 0.0154. The predicted octanol–water partition coefficient (Wildman–Crippen LogP) is 1.67. The first-order valence-corrected chi connectivity index (χ1v) is 6.62. The molecule has 18 heavy (non-hydrogen) atoms. The molecule has 100 valence electrons. The van der Waals surface area contributed by atoms with Crippen LogP contribution in [0.2, 0.25) is 0 Å². The van der Waals surface area contributed by atoms with Crippen molar-refractivity contribution in [3.8, 4) is 11.5 Å². The van der Waals surface area contributed by atoms with Gasteiger partial charge >= 0.3 is 0 Å². The minimum atomic E-state index is -0.0542. The van der Waals surface area contributed by atoms with Crippen molar-refractivity contribution in [2.75, 3.05) is 19.6 Å². The Morgan fingerprint density at radius 2 is 2.00 bits per heavy atom. The van der Waals surface area contributed by atoms with Crippen molar-refractivity contribution in [3.63, 3.8) is 0 Å². The first-order valence-electron chi connectivity index (χ1n) is 6.62. The summed E-state index contributed by atoms with van der Waals surface area (Å²) in [4.78, 5) is 2.46. The highest BCUT2D eigenvalue weighted by Crippen LogP contribution is 2.27. The van der Waals surface area contributed by atoms with Gasteiger partial charge in [-0.3, -0.25) is 0 Å². The van der Waals surface area contributed by atoms with E-state index in [4.69, 9.17) is 0 Å². The van der Waals surface area contributed by atoms with Crippen molar-refractivity contribution in [3.05, 3.63) is 23.8 Å². The molecular weight excluding hydrogens is 228 g/mol. The number of phenolic OH excluding ortho intramolecular Hbond substituents is 2. The first-order chi connectivity index (χ1) is 8.66. The Kier molecular flexibility index (Phi) is 4.44. The molecule has 0 aliphatic carbocycles. The predicted molar refractivity (Wildman–Crippen MR) is 71.7 cm³/mol. The molecule has 0 radical (unpaired) electrons. The Hall–Kier alpha value is -1.26. The fourth-order valence-corrected chi connectivity index (χ4v) is 2.42. The number of phenols is 2. The maximum Gasteiger partial charge on any atom is 0.161 e. The largest absolute Gasteiger partial charge is 0.504 e. The molecule has 1 aromatic carbocycles. The molecule has 0 aromatic heterocycles. The molecule has 0 spiro atoms. The van der Waals surface area contributed by atoms with E-state index in [2.05, 4.69) is 17.1 Å². The Labute approximate surface area is 108 Å². The number of nitrogens with zero attached hydrogens (tertiary/aromatic N) is 1. The Morgan fingerprint density at radius 3 is 2.72 bits per heavy atom. The average Bonchev–Trinajstić information content (AvgIpc) is 2.84. The third-order valence-electron chi connectivity index (χ3n) is 3.47. The molecule has 1 fully saturated rings. The van der Waals surface area contributed by atoms with Gasteiger partial charge in [0.05, 0.1) is 0 Å². The van der Waals surface area contributed by atoms with Gasteiger partial charge in [0.2, 0.25) is 0 Å². The monoisotopic (exact) mass is 250 g/mol. The van der Waals surface area contributed by atoms with Crippen LogP contribution in [0.25, 0.3) is 0 Å². The van der Waals surface area contributed by atoms with Gasteiger partial charge in [0.1, 0.15) is 0 Å². The number of hydrogen-bond acceptors (Lipinski definition) is 4. The standard InChI is InChI=1S/C14H22N2O2/c1-11(10-16-7-2-3-8-16)15-9-12-5-4-6-13(17)14(12)18/h4-6,11,15,17-18H,2-3,7-10H2,1H3. The number of likely N-dealkylation sites (tertiary alicyclic amines) is 1. The molecule has 2 rings (SSSR count). The highest BCUT2D eigenvalue weighted by atomic mass is 16.3. The molecule has 1 saturated heterocycles. The fourth-order valence-electron chi connectivity index (χ4n) is 2.42. The van der Waals surface area contributed by atoms with Crippen LogP contribution in [0.3, 0.4) is 0 Å². The number of hydrogen-bond donors (Lipinski definition) is 3. The second kappa shape index (κ2) is 6.07. The van der Waals surface area contributed by atoms with Crippen LogP contribution in [-0.2, 0) is 6.54 Å². The van der Waals surface area contributed by atoms with E-state index in [1.807, 2.05) is 6.07 Å². The summed E-state index contributed by atoms with van der Waals surface area (Å²) < 4.78 is 0. The Balaban J connectivity index is 1.81. The fraction of sp³-hybridized carbons (Fsp3) is 0.571. The van der Waals surface area contributed by atoms with E-state index in [0.717, 1.165) is 12.1 Å². The van der Waals surface area contributed by atoms with Gasteiger partial charge in [-0.25, -0.2) is 0 Å². The van der Waals surface area contributed by atoms with Crippen LogP contribution >= 0.6 is 0 Å². The van der Waals surface area contributed by atoms with Gasteiger partial charge < -0.3 is 20.4 Å². The number of benzene rings is 1. The summed E-state index contributed by atoms with van der Waals surface area (Å²) in [7, 11) is 0. The third-order valence-corrected chi connectivity index (χ3v) is 3.47. The van der Waals surface area contributed by atoms with E-state index >= 15 is 0 Å². The van der Waals surface area contributed by atoms with Crippen LogP contribution in [-0.4, -0.2) is 40.8 Å². The lowest BCUT2D eigenvalue weighted by Crippen LogP contribution is -2.37. The molecule has 0 amide bonds. The highest BCUT2D eigenvalue weighted by molar-refractivity contribution is 5.44. The molecule has 1 aliphatic rings. The van der Waals surface area contributed by atoms with Crippen molar-refractivity contribution < 1.29 is 10.2 Å². The van der Waals surface area contributed by atoms with E-state index in [-0.39, 0.29) is 11.5 Å². The van der Waals surface area contributed by atoms with Gasteiger partial charge in [0.15, 0.2) is 11.5 Å². The molecule has 1 unspecified atom stereocenters. The van der Waals surface area contributed by atoms with Crippen LogP contribution in [0.4, 0.5) is 0 Å². The number of aromatic hydroxyl groups is 2. The van der Waals surface area contributed by atoms with Gasteiger partial charge in [-0.2, -0.15) is 0 Å². The van der Waals surface area contributed by atoms with E-state index in [0.29, 0.717) is 12.6 Å². The lowest BCUT2D eigenvalue weighted by Gasteiger charge is -2.21. The molecule has 1 heterocycles. The van der Waals surface area contributed by atoms with Crippen molar-refractivity contribution in [1.29, 1.82) is 0 Å². The van der Waals surface area contributed by atoms with Gasteiger partial charge in [0.25, 0.3) is 0 Å². The van der Waals surface area contributed by atoms with Crippen LogP contribution < -0.4 is 5.32 Å². The molecule has 1 aromatic rings. The summed E-state index contributed by atoms with van der Waals surface area (Å²) in [6.45, 7) is 6.17. The van der Waals surface area contributed by atoms with Crippen molar-refractivity contribution in [2.45, 2.75) is 32.4 Å². The maximum absolute atomic E-state index is 9.69. The zero-order valence-electron chi connectivity index (χ0n) is 10.9. The Morgan fingerprint density at radius 1 is 1.28 bits per heavy atom. The molecule has 4 heteroatoms. The van der Waals surface area contributed by atoms with Crippen molar-refractivity contribution >= 4 is 0 Å². The summed E-state index contributed by atoms with van der Waals surface area (Å²) in [5.41, 5.74) is 0.739. The summed E-state index contributed by atoms with van der Waals surface area (Å²) >= 11 is 0. The lowest BCUT2D eigenvalue weighted by atomic mass is 10.1. The normalized spacial score (nSPS) is 18.1. The molecule has 0 saturated carbocycles. The summed E-state index contributed by atoms with van der Waals surface area (Å²) in [6, 6.07) is 5.44. The molecule has 1 aliphatic heterocycles. The summed E-state index contributed by atoms with van der Waals surface area (Å²) in [5.74, 6) is -0.0696. The number of para-hydroxylation sites is 1. The van der Waals surface area contributed by atoms with Crippen LogP contribution in [0, 0.1) is 0 Å². The lowest BCUT2D eigenvalue weighted by molar-refractivity contribution is 0.297. The van der Waals surface area contributed by atoms with Crippen LogP contribution in [0.5, 0.6) is 11.5 Å². The van der Waals surface area contributed by atoms with E-state index in [1.165, 1.54) is 32.0 Å². The topological polar surface area (TPSA) is 55.7 Å². The molecule has 4 nitrogen and oxygen atoms in total. The molecule has 0 bridgehead atoms. The van der Waals surface area contributed by atoms with E-state index < -0.39 is 0 Å². The van der Waals surface area contributed by atoms with Crippen molar-refractivity contribution in [1.82, 2.24) is 10.2 Å². The Bertz CT molecular complexity index is 389. The van der Waals surface area contributed by atoms with Crippen molar-refractivity contribution in [2.24, 2.45) is 0 Å². The van der Waals surface area contributed by atoms with Crippen LogP contribution in [0.15, 0.2) is 18.2 Å². The second-order valence-corrected chi connectivity index (χ2v) is 5.07. The zero-order valence-corrected chi connectivity index (χ0v) is 10.9. The smallest absolute Gasteiger partial charge is 0.161 e. The first kappa shape index (κ1) is 13.2. The number of nitrogens with one attached hydrogen (secondary N) is 1. The van der Waals surface area contributed by atoms with E-state index in [9.17, 15) is 10.2 Å². The zero-order chi connectivity index (χ0) is 13.0. The number of rotatable bonds is 5. The second-order valence-electron chi connectivity index (χ2n) is 5.07. The van der Waals surface area contributed by atoms with Gasteiger partial charge in [0, 0.05) is 24.7 Å². The van der Waals surface area contributed by atoms with Gasteiger partial charge in [-0.15, -0.1) is 0 Å². The van der Waals surface area contributed by atoms with E-state index in [1.54, 1.807) is 6.07 Å². The molecule has 3 N–H and O–H groups in total. The van der Waals surface area contributed by atoms with Gasteiger partial charge in [-0.1, -0.05) is 12.1 Å². The SMILES string of the molecule is CC(CN1CCCC1)NCc1cccc(O)c1O. The average molecular weight is 250 g/mol. The van der Waals surface area contributed by atoms with Gasteiger partial charge in [-0.05, 0) is 38.9 Å². The highest BCUT2D eigenvalue weighted by Gasteiger charge is 2.14. The third kappa shape index (κ3) is 3.37. The van der Waals surface area contributed by atoms with Crippen LogP contribution in [0.1, 0.15) is 25.3 Å². The maximum atomic E-state index is 9.69. The summed E-state index contributed by atoms with van der Waals surface area (Å²) in [5, 5.41) is 22.5.